The number of aromatic nitrogens is 2. The molecule has 0 radical (unpaired) electrons. The molecule has 2 amide bonds. The molecular weight excluding hydrogens is 497 g/mol. The average molecular weight is 514 g/mol. The van der Waals surface area contributed by atoms with E-state index in [0.29, 0.717) is 11.3 Å². The van der Waals surface area contributed by atoms with Gasteiger partial charge in [0.1, 0.15) is 5.56 Å². The Morgan fingerprint density at radius 3 is 2.30 bits per heavy atom. The number of nitrogens with one attached hydrogen (secondary N) is 3. The molecule has 0 bridgehead atoms. The Bertz CT molecular complexity index is 1590. The summed E-state index contributed by atoms with van der Waals surface area (Å²) in [5.74, 6) is -2.63. The van der Waals surface area contributed by atoms with Crippen molar-refractivity contribution in [2.24, 2.45) is 0 Å². The van der Waals surface area contributed by atoms with E-state index in [9.17, 15) is 32.3 Å². The van der Waals surface area contributed by atoms with Crippen molar-refractivity contribution in [2.75, 3.05) is 5.32 Å². The smallest absolute Gasteiger partial charge is 0.418 e. The minimum absolute atomic E-state index is 0.0442. The Labute approximate surface area is 205 Å². The first-order valence-electron chi connectivity index (χ1n) is 10.5. The van der Waals surface area contributed by atoms with E-state index < -0.39 is 40.8 Å². The molecule has 2 aromatic heterocycles. The van der Waals surface area contributed by atoms with E-state index in [2.05, 4.69) is 15.6 Å². The highest BCUT2D eigenvalue weighted by atomic mass is 19.4. The van der Waals surface area contributed by atoms with E-state index >= 15 is 0 Å². The number of carboxylic acid groups (broad SMARTS) is 2. The molecule has 4 rings (SSSR count). The van der Waals surface area contributed by atoms with Crippen LogP contribution in [0.5, 0.6) is 0 Å². The van der Waals surface area contributed by atoms with Gasteiger partial charge in [0, 0.05) is 35.5 Å². The number of carbonyl (C=O) groups is 3. The zero-order chi connectivity index (χ0) is 26.9. The van der Waals surface area contributed by atoms with Crippen molar-refractivity contribution in [3.63, 3.8) is 0 Å². The van der Waals surface area contributed by atoms with Crippen LogP contribution in [0.15, 0.2) is 65.7 Å². The Kier molecular flexibility index (Phi) is 6.45. The predicted octanol–water partition coefficient (Wildman–Crippen LogP) is 4.06. The van der Waals surface area contributed by atoms with Gasteiger partial charge >= 0.3 is 24.1 Å². The lowest BCUT2D eigenvalue weighted by atomic mass is 10.1. The number of aromatic amines is 1. The molecule has 0 saturated carbocycles. The van der Waals surface area contributed by atoms with Crippen molar-refractivity contribution >= 4 is 34.6 Å². The van der Waals surface area contributed by atoms with Gasteiger partial charge in [0.2, 0.25) is 0 Å². The SMILES string of the molecule is O=C(NCc1ccn(-c2cc3cc(C(=O)O)c(=O)[nH]c3cc2C(F)(F)F)c1)Nc1ccc(C(=O)O)cc1. The fourth-order valence-corrected chi connectivity index (χ4v) is 3.59. The summed E-state index contributed by atoms with van der Waals surface area (Å²) in [7, 11) is 0. The maximum atomic E-state index is 13.8. The largest absolute Gasteiger partial charge is 0.478 e. The minimum Gasteiger partial charge on any atom is -0.478 e. The number of hydrogen-bond acceptors (Lipinski definition) is 4. The normalized spacial score (nSPS) is 11.3. The number of carboxylic acids is 2. The summed E-state index contributed by atoms with van der Waals surface area (Å²) in [5.41, 5.74) is -2.33. The number of nitrogens with zero attached hydrogens (tertiary/aromatic N) is 1. The molecule has 0 aliphatic carbocycles. The van der Waals surface area contributed by atoms with Crippen molar-refractivity contribution in [1.29, 1.82) is 0 Å². The van der Waals surface area contributed by atoms with Gasteiger partial charge in [-0.3, -0.25) is 4.79 Å². The van der Waals surface area contributed by atoms with E-state index in [0.717, 1.165) is 18.2 Å². The molecule has 0 aliphatic rings. The number of hydrogen-bond donors (Lipinski definition) is 5. The van der Waals surface area contributed by atoms with Crippen LogP contribution in [0.2, 0.25) is 0 Å². The third kappa shape index (κ3) is 5.45. The summed E-state index contributed by atoms with van der Waals surface area (Å²) in [6.45, 7) is -0.0442. The van der Waals surface area contributed by atoms with Crippen LogP contribution >= 0.6 is 0 Å². The Balaban J connectivity index is 1.56. The van der Waals surface area contributed by atoms with Crippen molar-refractivity contribution < 1.29 is 37.8 Å². The van der Waals surface area contributed by atoms with Crippen LogP contribution in [0.1, 0.15) is 31.8 Å². The molecule has 13 heteroatoms. The first-order chi connectivity index (χ1) is 17.4. The lowest BCUT2D eigenvalue weighted by Gasteiger charge is -2.15. The molecule has 0 unspecified atom stereocenters. The molecule has 10 nitrogen and oxygen atoms in total. The zero-order valence-electron chi connectivity index (χ0n) is 18.6. The second-order valence-electron chi connectivity index (χ2n) is 7.89. The Hall–Kier alpha value is -5.07. The van der Waals surface area contributed by atoms with Crippen LogP contribution in [0.4, 0.5) is 23.7 Å². The molecule has 0 fully saturated rings. The first kappa shape index (κ1) is 25.0. The van der Waals surface area contributed by atoms with Crippen LogP contribution in [0, 0.1) is 0 Å². The number of amides is 2. The standard InChI is InChI=1S/C24H17F3N4O6/c25-24(26,27)17-9-18-14(7-16(22(35)36)20(32)30-18)8-19(17)31-6-5-12(11-31)10-28-23(37)29-15-3-1-13(2-4-15)21(33)34/h1-9,11H,10H2,(H,30,32)(H,33,34)(H,35,36)(H2,28,29,37). The maximum Gasteiger partial charge on any atom is 0.418 e. The number of rotatable bonds is 6. The number of urea groups is 1. The van der Waals surface area contributed by atoms with Gasteiger partial charge in [0.15, 0.2) is 0 Å². The number of halogens is 3. The van der Waals surface area contributed by atoms with Crippen molar-refractivity contribution in [2.45, 2.75) is 12.7 Å². The van der Waals surface area contributed by atoms with Crippen molar-refractivity contribution in [3.05, 3.63) is 93.5 Å². The number of anilines is 1. The highest BCUT2D eigenvalue weighted by Crippen LogP contribution is 2.36. The van der Waals surface area contributed by atoms with E-state index in [-0.39, 0.29) is 28.7 Å². The summed E-state index contributed by atoms with van der Waals surface area (Å²) >= 11 is 0. The number of fused-ring (bicyclic) bond motifs is 1. The van der Waals surface area contributed by atoms with Gasteiger partial charge in [-0.05, 0) is 54.1 Å². The molecule has 0 saturated heterocycles. The number of aromatic carboxylic acids is 2. The molecule has 2 aromatic carbocycles. The van der Waals surface area contributed by atoms with Gasteiger partial charge < -0.3 is 30.4 Å². The Morgan fingerprint density at radius 2 is 1.68 bits per heavy atom. The second kappa shape index (κ2) is 9.53. The van der Waals surface area contributed by atoms with Crippen LogP contribution in [-0.4, -0.2) is 37.7 Å². The van der Waals surface area contributed by atoms with Crippen LogP contribution in [0.3, 0.4) is 0 Å². The van der Waals surface area contributed by atoms with E-state index in [1.807, 2.05) is 0 Å². The predicted molar refractivity (Wildman–Crippen MR) is 125 cm³/mol. The van der Waals surface area contributed by atoms with E-state index in [4.69, 9.17) is 10.2 Å². The highest BCUT2D eigenvalue weighted by Gasteiger charge is 2.34. The lowest BCUT2D eigenvalue weighted by Crippen LogP contribution is -2.28. The van der Waals surface area contributed by atoms with Gasteiger partial charge in [-0.25, -0.2) is 14.4 Å². The van der Waals surface area contributed by atoms with Gasteiger partial charge in [0.05, 0.1) is 16.8 Å². The fourth-order valence-electron chi connectivity index (χ4n) is 3.59. The Morgan fingerprint density at radius 1 is 0.973 bits per heavy atom. The third-order valence-corrected chi connectivity index (χ3v) is 5.37. The fraction of sp³-hybridized carbons (Fsp3) is 0.0833. The van der Waals surface area contributed by atoms with Crippen LogP contribution in [0.25, 0.3) is 16.6 Å². The van der Waals surface area contributed by atoms with Gasteiger partial charge in [-0.2, -0.15) is 13.2 Å². The first-order valence-corrected chi connectivity index (χ1v) is 10.5. The molecule has 4 aromatic rings. The quantitative estimate of drug-likeness (QED) is 0.262. The lowest BCUT2D eigenvalue weighted by molar-refractivity contribution is -0.137. The molecule has 2 heterocycles. The van der Waals surface area contributed by atoms with E-state index in [1.165, 1.54) is 47.3 Å². The molecule has 37 heavy (non-hydrogen) atoms. The van der Waals surface area contributed by atoms with Crippen LogP contribution in [-0.2, 0) is 12.7 Å². The molecule has 5 N–H and O–H groups in total. The number of alkyl halides is 3. The summed E-state index contributed by atoms with van der Waals surface area (Å²) < 4.78 is 42.6. The monoisotopic (exact) mass is 514 g/mol. The van der Waals surface area contributed by atoms with Gasteiger partial charge in [0.25, 0.3) is 5.56 Å². The van der Waals surface area contributed by atoms with E-state index in [1.54, 1.807) is 0 Å². The van der Waals surface area contributed by atoms with Gasteiger partial charge in [-0.15, -0.1) is 0 Å². The number of H-pyrrole nitrogens is 1. The number of pyridine rings is 1. The maximum absolute atomic E-state index is 13.8. The summed E-state index contributed by atoms with van der Waals surface area (Å²) in [5, 5.41) is 23.2. The van der Waals surface area contributed by atoms with Crippen LogP contribution < -0.4 is 16.2 Å². The highest BCUT2D eigenvalue weighted by molar-refractivity contribution is 5.93. The average Bonchev–Trinajstić information content (AvgIpc) is 3.30. The van der Waals surface area contributed by atoms with Crippen molar-refractivity contribution in [3.8, 4) is 5.69 Å². The molecule has 0 aliphatic heterocycles. The molecule has 0 atom stereocenters. The van der Waals surface area contributed by atoms with Gasteiger partial charge in [-0.1, -0.05) is 0 Å². The minimum atomic E-state index is -4.79. The molecular formula is C24H17F3N4O6. The number of carbonyl (C=O) groups excluding carboxylic acids is 1. The second-order valence-corrected chi connectivity index (χ2v) is 7.89. The number of benzene rings is 2. The summed E-state index contributed by atoms with van der Waals surface area (Å²) in [6.07, 6.45) is -2.08. The zero-order valence-corrected chi connectivity index (χ0v) is 18.6. The summed E-state index contributed by atoms with van der Waals surface area (Å²) in [6, 6.07) is 9.15. The third-order valence-electron chi connectivity index (χ3n) is 5.37. The summed E-state index contributed by atoms with van der Waals surface area (Å²) in [4.78, 5) is 48.4. The topological polar surface area (TPSA) is 154 Å². The molecule has 0 spiro atoms. The molecule has 190 valence electrons. The van der Waals surface area contributed by atoms with Crippen molar-refractivity contribution in [1.82, 2.24) is 14.9 Å².